The first-order valence-corrected chi connectivity index (χ1v) is 10.5. The largest absolute Gasteiger partial charge is 0.348 e. The van der Waals surface area contributed by atoms with Gasteiger partial charge in [-0.15, -0.1) is 0 Å². The van der Waals surface area contributed by atoms with E-state index in [4.69, 9.17) is 0 Å². The van der Waals surface area contributed by atoms with Gasteiger partial charge in [-0.1, -0.05) is 42.8 Å². The second kappa shape index (κ2) is 8.67. The molecule has 0 bridgehead atoms. The van der Waals surface area contributed by atoms with Gasteiger partial charge in [0.15, 0.2) is 0 Å². The van der Waals surface area contributed by atoms with Crippen molar-refractivity contribution in [3.63, 3.8) is 0 Å². The average molecular weight is 389 g/mol. The van der Waals surface area contributed by atoms with Gasteiger partial charge in [-0.25, -0.2) is 8.42 Å². The molecule has 0 radical (unpaired) electrons. The third-order valence-electron chi connectivity index (χ3n) is 4.77. The van der Waals surface area contributed by atoms with E-state index in [2.05, 4.69) is 11.4 Å². The zero-order valence-corrected chi connectivity index (χ0v) is 17.4. The molecule has 1 amide bonds. The molecule has 0 aliphatic heterocycles. The summed E-state index contributed by atoms with van der Waals surface area (Å²) in [4.78, 5) is 12.6. The van der Waals surface area contributed by atoms with Crippen molar-refractivity contribution in [3.8, 4) is 0 Å². The van der Waals surface area contributed by atoms with Crippen LogP contribution in [0.3, 0.4) is 0 Å². The lowest BCUT2D eigenvalue weighted by atomic mass is 9.99. The first-order chi connectivity index (χ1) is 12.6. The second-order valence-electron chi connectivity index (χ2n) is 6.95. The van der Waals surface area contributed by atoms with Crippen LogP contribution in [0.1, 0.15) is 41.6 Å². The molecule has 5 nitrogen and oxygen atoms in total. The smallest absolute Gasteiger partial charge is 0.243 e. The van der Waals surface area contributed by atoms with E-state index < -0.39 is 10.0 Å². The molecule has 0 saturated carbocycles. The Kier molecular flexibility index (Phi) is 6.78. The Morgan fingerprint density at radius 3 is 2.22 bits per heavy atom. The summed E-state index contributed by atoms with van der Waals surface area (Å²) in [5.74, 6) is -0.321. The third kappa shape index (κ3) is 5.17. The summed E-state index contributed by atoms with van der Waals surface area (Å²) in [6, 6.07) is 12.6. The molecular formula is C21H28N2O3S. The molecule has 0 aromatic heterocycles. The maximum atomic E-state index is 12.6. The van der Waals surface area contributed by atoms with Crippen molar-refractivity contribution in [2.24, 2.45) is 0 Å². The number of aryl methyl sites for hydroxylation is 3. The molecule has 0 heterocycles. The van der Waals surface area contributed by atoms with Crippen LogP contribution in [0.2, 0.25) is 0 Å². The summed E-state index contributed by atoms with van der Waals surface area (Å²) in [6.45, 7) is 7.74. The zero-order chi connectivity index (χ0) is 20.2. The second-order valence-corrected chi connectivity index (χ2v) is 8.99. The fourth-order valence-corrected chi connectivity index (χ4v) is 3.95. The Morgan fingerprint density at radius 2 is 1.67 bits per heavy atom. The average Bonchev–Trinajstić information content (AvgIpc) is 2.62. The molecule has 0 aliphatic rings. The van der Waals surface area contributed by atoms with Gasteiger partial charge in [0.2, 0.25) is 15.9 Å². The number of nitrogens with one attached hydrogen (secondary N) is 1. The number of hydrogen-bond acceptors (Lipinski definition) is 3. The minimum atomic E-state index is -3.70. The highest BCUT2D eigenvalue weighted by molar-refractivity contribution is 7.89. The maximum absolute atomic E-state index is 12.6. The topological polar surface area (TPSA) is 66.5 Å². The first-order valence-electron chi connectivity index (χ1n) is 9.04. The van der Waals surface area contributed by atoms with Crippen LogP contribution in [-0.4, -0.2) is 32.2 Å². The van der Waals surface area contributed by atoms with Crippen molar-refractivity contribution in [2.75, 3.05) is 13.6 Å². The molecule has 1 atom stereocenters. The summed E-state index contributed by atoms with van der Waals surface area (Å²) < 4.78 is 26.3. The summed E-state index contributed by atoms with van der Waals surface area (Å²) in [5.41, 5.74) is 4.37. The summed E-state index contributed by atoms with van der Waals surface area (Å²) in [5, 5.41) is 2.95. The standard InChI is InChI=1S/C21H28N2O3S/c1-6-20(18-10-9-16(3)17(4)13-18)22-21(24)14-23(5)27(25,26)19-11-7-15(2)8-12-19/h7-13,20H,6,14H2,1-5H3,(H,22,24). The van der Waals surface area contributed by atoms with Gasteiger partial charge in [-0.05, 0) is 56.0 Å². The molecule has 0 aliphatic carbocycles. The molecule has 1 unspecified atom stereocenters. The quantitative estimate of drug-likeness (QED) is 0.789. The summed E-state index contributed by atoms with van der Waals surface area (Å²) >= 11 is 0. The van der Waals surface area contributed by atoms with Crippen LogP contribution < -0.4 is 5.32 Å². The van der Waals surface area contributed by atoms with Crippen LogP contribution in [0.25, 0.3) is 0 Å². The Morgan fingerprint density at radius 1 is 1.04 bits per heavy atom. The van der Waals surface area contributed by atoms with Gasteiger partial charge in [0.1, 0.15) is 0 Å². The zero-order valence-electron chi connectivity index (χ0n) is 16.6. The van der Waals surface area contributed by atoms with E-state index >= 15 is 0 Å². The van der Waals surface area contributed by atoms with Gasteiger partial charge >= 0.3 is 0 Å². The molecule has 1 N–H and O–H groups in total. The molecule has 0 saturated heterocycles. The Hall–Kier alpha value is -2.18. The van der Waals surface area contributed by atoms with Crippen LogP contribution in [0, 0.1) is 20.8 Å². The van der Waals surface area contributed by atoms with Gasteiger partial charge in [-0.2, -0.15) is 4.31 Å². The molecule has 0 spiro atoms. The van der Waals surface area contributed by atoms with Gasteiger partial charge in [0.25, 0.3) is 0 Å². The lowest BCUT2D eigenvalue weighted by Crippen LogP contribution is -2.39. The van der Waals surface area contributed by atoms with Crippen molar-refractivity contribution in [2.45, 2.75) is 45.1 Å². The van der Waals surface area contributed by atoms with E-state index in [9.17, 15) is 13.2 Å². The van der Waals surface area contributed by atoms with Crippen LogP contribution in [0.15, 0.2) is 47.4 Å². The highest BCUT2D eigenvalue weighted by atomic mass is 32.2. The fraction of sp³-hybridized carbons (Fsp3) is 0.381. The number of amides is 1. The van der Waals surface area contributed by atoms with Gasteiger partial charge in [0, 0.05) is 7.05 Å². The van der Waals surface area contributed by atoms with Crippen molar-refractivity contribution < 1.29 is 13.2 Å². The van der Waals surface area contributed by atoms with Crippen molar-refractivity contribution >= 4 is 15.9 Å². The summed E-state index contributed by atoms with van der Waals surface area (Å²) in [7, 11) is -2.28. The Bertz CT molecular complexity index is 906. The number of nitrogens with zero attached hydrogens (tertiary/aromatic N) is 1. The number of carbonyl (C=O) groups is 1. The third-order valence-corrected chi connectivity index (χ3v) is 6.59. The number of benzene rings is 2. The molecule has 146 valence electrons. The van der Waals surface area contributed by atoms with Gasteiger partial charge < -0.3 is 5.32 Å². The molecular weight excluding hydrogens is 360 g/mol. The SMILES string of the molecule is CCC(NC(=O)CN(C)S(=O)(=O)c1ccc(C)cc1)c1ccc(C)c(C)c1. The monoisotopic (exact) mass is 388 g/mol. The highest BCUT2D eigenvalue weighted by Gasteiger charge is 2.24. The lowest BCUT2D eigenvalue weighted by Gasteiger charge is -2.21. The Labute approximate surface area is 162 Å². The van der Waals surface area contributed by atoms with E-state index in [-0.39, 0.29) is 23.4 Å². The number of carbonyl (C=O) groups excluding carboxylic acids is 1. The van der Waals surface area contributed by atoms with E-state index in [0.29, 0.717) is 0 Å². The van der Waals surface area contributed by atoms with Gasteiger partial charge in [-0.3, -0.25) is 4.79 Å². The normalized spacial score (nSPS) is 12.8. The lowest BCUT2D eigenvalue weighted by molar-refractivity contribution is -0.121. The van der Waals surface area contributed by atoms with E-state index in [1.807, 2.05) is 39.8 Å². The molecule has 27 heavy (non-hydrogen) atoms. The van der Waals surface area contributed by atoms with Gasteiger partial charge in [0.05, 0.1) is 17.5 Å². The molecule has 0 fully saturated rings. The van der Waals surface area contributed by atoms with Crippen LogP contribution >= 0.6 is 0 Å². The van der Waals surface area contributed by atoms with Crippen molar-refractivity contribution in [3.05, 3.63) is 64.7 Å². The van der Waals surface area contributed by atoms with Crippen molar-refractivity contribution in [1.29, 1.82) is 0 Å². The predicted molar refractivity (Wildman–Crippen MR) is 108 cm³/mol. The Balaban J connectivity index is 2.08. The fourth-order valence-electron chi connectivity index (χ4n) is 2.82. The van der Waals surface area contributed by atoms with Crippen LogP contribution in [-0.2, 0) is 14.8 Å². The number of hydrogen-bond donors (Lipinski definition) is 1. The number of rotatable bonds is 7. The highest BCUT2D eigenvalue weighted by Crippen LogP contribution is 2.20. The van der Waals surface area contributed by atoms with Crippen LogP contribution in [0.4, 0.5) is 0 Å². The van der Waals surface area contributed by atoms with E-state index in [1.165, 1.54) is 18.2 Å². The number of sulfonamides is 1. The minimum absolute atomic E-state index is 0.146. The molecule has 2 aromatic carbocycles. The molecule has 2 aromatic rings. The minimum Gasteiger partial charge on any atom is -0.348 e. The van der Waals surface area contributed by atoms with Crippen molar-refractivity contribution in [1.82, 2.24) is 9.62 Å². The number of likely N-dealkylation sites (N-methyl/N-ethyl adjacent to an activating group) is 1. The van der Waals surface area contributed by atoms with E-state index in [0.717, 1.165) is 21.9 Å². The molecule has 6 heteroatoms. The van der Waals surface area contributed by atoms with E-state index in [1.54, 1.807) is 24.3 Å². The van der Waals surface area contributed by atoms with Crippen LogP contribution in [0.5, 0.6) is 0 Å². The predicted octanol–water partition coefficient (Wildman–Crippen LogP) is 3.50. The molecule has 2 rings (SSSR count). The first kappa shape index (κ1) is 21.1. The maximum Gasteiger partial charge on any atom is 0.243 e. The summed E-state index contributed by atoms with van der Waals surface area (Å²) in [6.07, 6.45) is 0.725.